The summed E-state index contributed by atoms with van der Waals surface area (Å²) in [5.74, 6) is -0.524. The van der Waals surface area contributed by atoms with Gasteiger partial charge in [-0.1, -0.05) is 12.1 Å². The van der Waals surface area contributed by atoms with Crippen LogP contribution in [0.3, 0.4) is 0 Å². The normalized spacial score (nSPS) is 15.1. The SMILES string of the molecule is COc1cc(/C=C/C(=O)Nc2cc(S(=O)(=O)N3CCOCC3)ccc2C)ccc1OC(F)F. The van der Waals surface area contributed by atoms with Crippen LogP contribution in [0.15, 0.2) is 47.4 Å². The quantitative estimate of drug-likeness (QED) is 0.581. The number of sulfonamides is 1. The van der Waals surface area contributed by atoms with E-state index in [1.807, 2.05) is 0 Å². The molecule has 33 heavy (non-hydrogen) atoms. The molecule has 1 aliphatic heterocycles. The number of alkyl halides is 2. The third-order valence-electron chi connectivity index (χ3n) is 4.91. The van der Waals surface area contributed by atoms with Gasteiger partial charge in [-0.2, -0.15) is 13.1 Å². The van der Waals surface area contributed by atoms with Gasteiger partial charge >= 0.3 is 6.61 Å². The van der Waals surface area contributed by atoms with Crippen molar-refractivity contribution < 1.29 is 36.2 Å². The standard InChI is InChI=1S/C22H24F2N2O6S/c1-15-3-6-17(33(28,29)26-9-11-31-12-10-26)14-18(15)25-21(27)8-5-16-4-7-19(32-22(23)24)20(13-16)30-2/h3-8,13-14,22H,9-12H2,1-2H3,(H,25,27)/b8-5+. The number of anilines is 1. The van der Waals surface area contributed by atoms with Crippen LogP contribution in [0.2, 0.25) is 0 Å². The number of nitrogens with zero attached hydrogens (tertiary/aromatic N) is 1. The number of halogens is 2. The Bertz CT molecular complexity index is 1130. The topological polar surface area (TPSA) is 94.2 Å². The maximum atomic E-state index is 12.9. The molecule has 0 radical (unpaired) electrons. The molecule has 1 N–H and O–H groups in total. The van der Waals surface area contributed by atoms with Gasteiger partial charge in [-0.05, 0) is 48.4 Å². The van der Waals surface area contributed by atoms with E-state index < -0.39 is 22.5 Å². The fourth-order valence-electron chi connectivity index (χ4n) is 3.16. The Kier molecular flexibility index (Phi) is 8.01. The van der Waals surface area contributed by atoms with Crippen molar-refractivity contribution in [2.24, 2.45) is 0 Å². The summed E-state index contributed by atoms with van der Waals surface area (Å²) in [6, 6.07) is 8.80. The van der Waals surface area contributed by atoms with Crippen LogP contribution < -0.4 is 14.8 Å². The summed E-state index contributed by atoms with van der Waals surface area (Å²) >= 11 is 0. The number of carbonyl (C=O) groups is 1. The molecule has 178 valence electrons. The minimum atomic E-state index is -3.71. The Morgan fingerprint density at radius 3 is 2.55 bits per heavy atom. The molecule has 0 spiro atoms. The highest BCUT2D eigenvalue weighted by Gasteiger charge is 2.26. The molecule has 3 rings (SSSR count). The van der Waals surface area contributed by atoms with Gasteiger partial charge in [-0.25, -0.2) is 8.42 Å². The zero-order valence-electron chi connectivity index (χ0n) is 18.1. The summed E-state index contributed by atoms with van der Waals surface area (Å²) in [5.41, 5.74) is 1.56. The number of hydrogen-bond acceptors (Lipinski definition) is 6. The van der Waals surface area contributed by atoms with Crippen molar-refractivity contribution in [3.8, 4) is 11.5 Å². The fraction of sp³-hybridized carbons (Fsp3) is 0.318. The van der Waals surface area contributed by atoms with Crippen LogP contribution in [0.25, 0.3) is 6.08 Å². The van der Waals surface area contributed by atoms with Crippen molar-refractivity contribution in [1.29, 1.82) is 0 Å². The second-order valence-electron chi connectivity index (χ2n) is 7.10. The van der Waals surface area contributed by atoms with Gasteiger partial charge in [-0.3, -0.25) is 4.79 Å². The van der Waals surface area contributed by atoms with Crippen LogP contribution in [-0.4, -0.2) is 58.7 Å². The number of hydrogen-bond donors (Lipinski definition) is 1. The molecule has 0 bridgehead atoms. The van der Waals surface area contributed by atoms with E-state index in [4.69, 9.17) is 9.47 Å². The van der Waals surface area contributed by atoms with E-state index in [-0.39, 0.29) is 29.5 Å². The number of aryl methyl sites for hydroxylation is 1. The van der Waals surface area contributed by atoms with Crippen LogP contribution in [0.4, 0.5) is 14.5 Å². The lowest BCUT2D eigenvalue weighted by Crippen LogP contribution is -2.40. The molecule has 1 fully saturated rings. The Morgan fingerprint density at radius 2 is 1.88 bits per heavy atom. The average Bonchev–Trinajstić information content (AvgIpc) is 2.80. The number of amides is 1. The van der Waals surface area contributed by atoms with E-state index in [2.05, 4.69) is 10.1 Å². The van der Waals surface area contributed by atoms with Crippen LogP contribution in [0, 0.1) is 6.92 Å². The van der Waals surface area contributed by atoms with Gasteiger partial charge in [0, 0.05) is 24.9 Å². The first-order chi connectivity index (χ1) is 15.7. The molecule has 1 heterocycles. The van der Waals surface area contributed by atoms with Crippen LogP contribution in [-0.2, 0) is 19.6 Å². The van der Waals surface area contributed by atoms with Crippen LogP contribution in [0.5, 0.6) is 11.5 Å². The smallest absolute Gasteiger partial charge is 0.387 e. The van der Waals surface area contributed by atoms with Gasteiger partial charge < -0.3 is 19.5 Å². The molecule has 8 nitrogen and oxygen atoms in total. The molecule has 0 atom stereocenters. The van der Waals surface area contributed by atoms with Crippen molar-refractivity contribution in [2.45, 2.75) is 18.4 Å². The number of morpholine rings is 1. The Balaban J connectivity index is 1.74. The summed E-state index contributed by atoms with van der Waals surface area (Å²) < 4.78 is 66.6. The van der Waals surface area contributed by atoms with Gasteiger partial charge in [0.25, 0.3) is 0 Å². The second-order valence-corrected chi connectivity index (χ2v) is 9.04. The zero-order chi connectivity index (χ0) is 24.0. The third kappa shape index (κ3) is 6.28. The van der Waals surface area contributed by atoms with Crippen LogP contribution in [0.1, 0.15) is 11.1 Å². The first kappa shape index (κ1) is 24.6. The summed E-state index contributed by atoms with van der Waals surface area (Å²) in [7, 11) is -2.39. The lowest BCUT2D eigenvalue weighted by molar-refractivity contribution is -0.111. The minimum Gasteiger partial charge on any atom is -0.493 e. The third-order valence-corrected chi connectivity index (χ3v) is 6.80. The van der Waals surface area contributed by atoms with E-state index >= 15 is 0 Å². The largest absolute Gasteiger partial charge is 0.493 e. The number of ether oxygens (including phenoxy) is 3. The lowest BCUT2D eigenvalue weighted by Gasteiger charge is -2.26. The van der Waals surface area contributed by atoms with E-state index in [0.29, 0.717) is 30.0 Å². The Hall–Kier alpha value is -3.02. The van der Waals surface area contributed by atoms with Crippen molar-refractivity contribution in [3.05, 3.63) is 53.6 Å². The molecule has 11 heteroatoms. The molecular formula is C22H24F2N2O6S. The molecule has 1 saturated heterocycles. The minimum absolute atomic E-state index is 0.0774. The van der Waals surface area contributed by atoms with Crippen molar-refractivity contribution in [3.63, 3.8) is 0 Å². The number of benzene rings is 2. The Labute approximate surface area is 190 Å². The zero-order valence-corrected chi connectivity index (χ0v) is 18.9. The van der Waals surface area contributed by atoms with Gasteiger partial charge in [0.2, 0.25) is 15.9 Å². The summed E-state index contributed by atoms with van der Waals surface area (Å²) in [5, 5.41) is 2.67. The lowest BCUT2D eigenvalue weighted by atomic mass is 10.1. The predicted molar refractivity (Wildman–Crippen MR) is 118 cm³/mol. The number of nitrogens with one attached hydrogen (secondary N) is 1. The maximum absolute atomic E-state index is 12.9. The molecule has 2 aromatic carbocycles. The Morgan fingerprint density at radius 1 is 1.15 bits per heavy atom. The highest BCUT2D eigenvalue weighted by molar-refractivity contribution is 7.89. The van der Waals surface area contributed by atoms with E-state index in [0.717, 1.165) is 0 Å². The van der Waals surface area contributed by atoms with Gasteiger partial charge in [0.1, 0.15) is 0 Å². The molecule has 1 aliphatic rings. The van der Waals surface area contributed by atoms with E-state index in [1.165, 1.54) is 53.9 Å². The molecule has 0 saturated carbocycles. The summed E-state index contributed by atoms with van der Waals surface area (Å²) in [6.07, 6.45) is 2.71. The highest BCUT2D eigenvalue weighted by Crippen LogP contribution is 2.30. The fourth-order valence-corrected chi connectivity index (χ4v) is 4.59. The van der Waals surface area contributed by atoms with Gasteiger partial charge in [0.05, 0.1) is 25.2 Å². The predicted octanol–water partition coefficient (Wildman–Crippen LogP) is 3.28. The van der Waals surface area contributed by atoms with Gasteiger partial charge in [-0.15, -0.1) is 0 Å². The summed E-state index contributed by atoms with van der Waals surface area (Å²) in [4.78, 5) is 12.5. The van der Waals surface area contributed by atoms with Gasteiger partial charge in [0.15, 0.2) is 11.5 Å². The van der Waals surface area contributed by atoms with Crippen molar-refractivity contribution in [2.75, 3.05) is 38.7 Å². The van der Waals surface area contributed by atoms with Crippen molar-refractivity contribution in [1.82, 2.24) is 4.31 Å². The van der Waals surface area contributed by atoms with E-state index in [9.17, 15) is 22.0 Å². The summed E-state index contributed by atoms with van der Waals surface area (Å²) in [6.45, 7) is -0.0378. The van der Waals surface area contributed by atoms with Crippen molar-refractivity contribution >= 4 is 27.7 Å². The average molecular weight is 483 g/mol. The first-order valence-electron chi connectivity index (χ1n) is 10.0. The molecular weight excluding hydrogens is 458 g/mol. The molecule has 0 unspecified atom stereocenters. The monoisotopic (exact) mass is 482 g/mol. The second kappa shape index (κ2) is 10.7. The maximum Gasteiger partial charge on any atom is 0.387 e. The molecule has 1 amide bonds. The number of carbonyl (C=O) groups excluding carboxylic acids is 1. The highest BCUT2D eigenvalue weighted by atomic mass is 32.2. The molecule has 2 aromatic rings. The van der Waals surface area contributed by atoms with E-state index in [1.54, 1.807) is 13.0 Å². The molecule has 0 aliphatic carbocycles. The molecule has 0 aromatic heterocycles. The number of rotatable bonds is 8. The number of methoxy groups -OCH3 is 1. The first-order valence-corrected chi connectivity index (χ1v) is 11.4. The van der Waals surface area contributed by atoms with Crippen LogP contribution >= 0.6 is 0 Å².